The summed E-state index contributed by atoms with van der Waals surface area (Å²) in [5, 5.41) is 0. The van der Waals surface area contributed by atoms with E-state index in [1.807, 2.05) is 30.3 Å². The van der Waals surface area contributed by atoms with Crippen LogP contribution in [0.15, 0.2) is 53.4 Å². The van der Waals surface area contributed by atoms with Crippen LogP contribution < -0.4 is 4.90 Å². The largest absolute Gasteiger partial charge is 0.419 e. The van der Waals surface area contributed by atoms with Gasteiger partial charge >= 0.3 is 6.18 Å². The first-order chi connectivity index (χ1) is 12.0. The van der Waals surface area contributed by atoms with E-state index in [9.17, 15) is 18.0 Å². The molecule has 25 heavy (non-hydrogen) atoms. The number of anilines is 1. The number of alkyl halides is 3. The zero-order valence-electron chi connectivity index (χ0n) is 13.6. The van der Waals surface area contributed by atoms with E-state index in [-0.39, 0.29) is 16.5 Å². The molecule has 2 nitrogen and oxygen atoms in total. The fourth-order valence-corrected chi connectivity index (χ4v) is 4.00. The second kappa shape index (κ2) is 7.52. The number of carbonyl (C=O) groups excluding carboxylic acids is 1. The zero-order valence-corrected chi connectivity index (χ0v) is 14.4. The van der Waals surface area contributed by atoms with E-state index in [2.05, 4.69) is 0 Å². The number of nitrogens with zero attached hydrogens (tertiary/aromatic N) is 1. The maximum atomic E-state index is 13.8. The van der Waals surface area contributed by atoms with Crippen molar-refractivity contribution in [1.82, 2.24) is 0 Å². The molecule has 0 bridgehead atoms. The van der Waals surface area contributed by atoms with Crippen LogP contribution in [0.2, 0.25) is 0 Å². The molecule has 1 fully saturated rings. The normalized spacial score (nSPS) is 15.5. The highest BCUT2D eigenvalue weighted by Gasteiger charge is 2.39. The Labute approximate surface area is 149 Å². The number of hydrogen-bond donors (Lipinski definition) is 0. The summed E-state index contributed by atoms with van der Waals surface area (Å²) in [7, 11) is 0. The van der Waals surface area contributed by atoms with E-state index in [4.69, 9.17) is 0 Å². The number of halogens is 3. The van der Waals surface area contributed by atoms with Gasteiger partial charge in [0, 0.05) is 23.6 Å². The minimum Gasteiger partial charge on any atom is -0.312 e. The fourth-order valence-electron chi connectivity index (χ4n) is 2.95. The Kier molecular flexibility index (Phi) is 5.37. The monoisotopic (exact) mass is 365 g/mol. The fraction of sp³-hybridized carbons (Fsp3) is 0.316. The van der Waals surface area contributed by atoms with E-state index in [1.54, 1.807) is 6.07 Å². The van der Waals surface area contributed by atoms with Crippen LogP contribution >= 0.6 is 11.8 Å². The van der Waals surface area contributed by atoms with Crippen molar-refractivity contribution in [3.63, 3.8) is 0 Å². The Morgan fingerprint density at radius 1 is 1.00 bits per heavy atom. The Bertz CT molecular complexity index is 746. The first-order valence-electron chi connectivity index (χ1n) is 8.14. The minimum atomic E-state index is -4.51. The Balaban J connectivity index is 1.95. The summed E-state index contributed by atoms with van der Waals surface area (Å²) < 4.78 is 41.3. The Hall–Kier alpha value is -1.95. The molecule has 1 aliphatic heterocycles. The number of rotatable bonds is 4. The second-order valence-corrected chi connectivity index (χ2v) is 6.94. The molecule has 132 valence electrons. The number of benzene rings is 2. The van der Waals surface area contributed by atoms with Gasteiger partial charge in [0.05, 0.1) is 11.3 Å². The summed E-state index contributed by atoms with van der Waals surface area (Å²) in [6.07, 6.45) is -2.74. The summed E-state index contributed by atoms with van der Waals surface area (Å²) in [5.74, 6) is 0.211. The van der Waals surface area contributed by atoms with Crippen molar-refractivity contribution in [2.24, 2.45) is 0 Å². The third-order valence-electron chi connectivity index (χ3n) is 4.14. The molecule has 0 N–H and O–H groups in total. The van der Waals surface area contributed by atoms with Crippen LogP contribution in [0.25, 0.3) is 0 Å². The van der Waals surface area contributed by atoms with Gasteiger partial charge in [0.2, 0.25) is 5.91 Å². The third-order valence-corrected chi connectivity index (χ3v) is 5.27. The standard InChI is InChI=1S/C19H18F3NOS/c20-19(21,22)18-15(23-12-5-4-11-17(23)24)9-6-10-16(18)25-13-14-7-2-1-3-8-14/h1-3,6-10H,4-5,11-13H2. The highest BCUT2D eigenvalue weighted by molar-refractivity contribution is 7.98. The van der Waals surface area contributed by atoms with Crippen molar-refractivity contribution in [3.05, 3.63) is 59.7 Å². The van der Waals surface area contributed by atoms with E-state index in [1.165, 1.54) is 17.0 Å². The van der Waals surface area contributed by atoms with Crippen LogP contribution in [0.3, 0.4) is 0 Å². The molecule has 6 heteroatoms. The molecule has 0 spiro atoms. The molecule has 1 saturated heterocycles. The van der Waals surface area contributed by atoms with Gasteiger partial charge < -0.3 is 4.90 Å². The van der Waals surface area contributed by atoms with Gasteiger partial charge in [-0.15, -0.1) is 11.8 Å². The zero-order chi connectivity index (χ0) is 17.9. The van der Waals surface area contributed by atoms with Crippen molar-refractivity contribution in [2.75, 3.05) is 11.4 Å². The average Bonchev–Trinajstić information content (AvgIpc) is 2.60. The predicted octanol–water partition coefficient (Wildman–Crippen LogP) is 5.51. The molecule has 3 rings (SSSR count). The van der Waals surface area contributed by atoms with Crippen LogP contribution in [0, 0.1) is 0 Å². The third kappa shape index (κ3) is 4.18. The molecule has 1 amide bonds. The van der Waals surface area contributed by atoms with Gasteiger partial charge in [0.1, 0.15) is 0 Å². The minimum absolute atomic E-state index is 0.0183. The van der Waals surface area contributed by atoms with E-state index < -0.39 is 11.7 Å². The molecule has 2 aromatic rings. The van der Waals surface area contributed by atoms with Gasteiger partial charge in [0.15, 0.2) is 0 Å². The van der Waals surface area contributed by atoms with Gasteiger partial charge in [-0.1, -0.05) is 36.4 Å². The molecule has 1 heterocycles. The van der Waals surface area contributed by atoms with E-state index in [0.29, 0.717) is 18.7 Å². The molecule has 0 saturated carbocycles. The van der Waals surface area contributed by atoms with Gasteiger partial charge in [-0.2, -0.15) is 13.2 Å². The molecule has 0 aromatic heterocycles. The maximum Gasteiger partial charge on any atom is 0.419 e. The quantitative estimate of drug-likeness (QED) is 0.666. The molecule has 0 unspecified atom stereocenters. The SMILES string of the molecule is O=C1CCCCN1c1cccc(SCc2ccccc2)c1C(F)(F)F. The average molecular weight is 365 g/mol. The van der Waals surface area contributed by atoms with Gasteiger partial charge in [-0.3, -0.25) is 4.79 Å². The van der Waals surface area contributed by atoms with Crippen LogP contribution in [0.5, 0.6) is 0 Å². The molecule has 1 aliphatic rings. The van der Waals surface area contributed by atoms with Crippen molar-refractivity contribution in [2.45, 2.75) is 36.1 Å². The number of thioether (sulfide) groups is 1. The number of piperidine rings is 1. The van der Waals surface area contributed by atoms with E-state index >= 15 is 0 Å². The molecule has 0 radical (unpaired) electrons. The topological polar surface area (TPSA) is 20.3 Å². The van der Waals surface area contributed by atoms with Crippen molar-refractivity contribution in [1.29, 1.82) is 0 Å². The van der Waals surface area contributed by atoms with Crippen LogP contribution in [0.4, 0.5) is 18.9 Å². The lowest BCUT2D eigenvalue weighted by Crippen LogP contribution is -2.36. The van der Waals surface area contributed by atoms with Crippen molar-refractivity contribution in [3.8, 4) is 0 Å². The van der Waals surface area contributed by atoms with Gasteiger partial charge in [-0.05, 0) is 30.5 Å². The van der Waals surface area contributed by atoms with Crippen LogP contribution in [-0.2, 0) is 16.7 Å². The molecular weight excluding hydrogens is 347 g/mol. The van der Waals surface area contributed by atoms with Gasteiger partial charge in [-0.25, -0.2) is 0 Å². The highest BCUT2D eigenvalue weighted by atomic mass is 32.2. The molecule has 0 aliphatic carbocycles. The van der Waals surface area contributed by atoms with Crippen molar-refractivity contribution >= 4 is 23.4 Å². The summed E-state index contributed by atoms with van der Waals surface area (Å²) >= 11 is 1.15. The van der Waals surface area contributed by atoms with E-state index in [0.717, 1.165) is 30.2 Å². The summed E-state index contributed by atoms with van der Waals surface area (Å²) in [5.41, 5.74) is 0.238. The number of hydrogen-bond acceptors (Lipinski definition) is 2. The molecule has 0 atom stereocenters. The Morgan fingerprint density at radius 3 is 2.44 bits per heavy atom. The lowest BCUT2D eigenvalue weighted by molar-refractivity contribution is -0.139. The maximum absolute atomic E-state index is 13.8. The van der Waals surface area contributed by atoms with Gasteiger partial charge in [0.25, 0.3) is 0 Å². The Morgan fingerprint density at radius 2 is 1.76 bits per heavy atom. The summed E-state index contributed by atoms with van der Waals surface area (Å²) in [6.45, 7) is 0.342. The highest BCUT2D eigenvalue weighted by Crippen LogP contribution is 2.44. The predicted molar refractivity (Wildman–Crippen MR) is 93.7 cm³/mol. The lowest BCUT2D eigenvalue weighted by Gasteiger charge is -2.30. The molecular formula is C19H18F3NOS. The second-order valence-electron chi connectivity index (χ2n) is 5.92. The number of carbonyl (C=O) groups is 1. The first kappa shape index (κ1) is 17.9. The first-order valence-corrected chi connectivity index (χ1v) is 9.12. The smallest absolute Gasteiger partial charge is 0.312 e. The lowest BCUT2D eigenvalue weighted by atomic mass is 10.1. The van der Waals surface area contributed by atoms with Crippen LogP contribution in [-0.4, -0.2) is 12.5 Å². The number of amides is 1. The summed E-state index contributed by atoms with van der Waals surface area (Å²) in [4.78, 5) is 13.6. The summed E-state index contributed by atoms with van der Waals surface area (Å²) in [6, 6.07) is 13.9. The molecule has 2 aromatic carbocycles. The van der Waals surface area contributed by atoms with Crippen LogP contribution in [0.1, 0.15) is 30.4 Å². The van der Waals surface area contributed by atoms with Crippen molar-refractivity contribution < 1.29 is 18.0 Å².